The summed E-state index contributed by atoms with van der Waals surface area (Å²) in [6.07, 6.45) is 1.66. The first-order valence-corrected chi connectivity index (χ1v) is 6.74. The first-order valence-electron chi connectivity index (χ1n) is 5.15. The lowest BCUT2D eigenvalue weighted by Gasteiger charge is -2.05. The molecule has 0 fully saturated rings. The Kier molecular flexibility index (Phi) is 4.24. The Morgan fingerprint density at radius 2 is 2.00 bits per heavy atom. The van der Waals surface area contributed by atoms with Gasteiger partial charge < -0.3 is 0 Å². The van der Waals surface area contributed by atoms with Crippen molar-refractivity contribution >= 4 is 37.6 Å². The minimum atomic E-state index is -0.360. The van der Waals surface area contributed by atoms with Crippen molar-refractivity contribution in [2.24, 2.45) is 0 Å². The van der Waals surface area contributed by atoms with Crippen LogP contribution < -0.4 is 0 Å². The SMILES string of the molecule is O=C(Cc1cc(F)ccc1Br)c1ncccc1Br. The van der Waals surface area contributed by atoms with Gasteiger partial charge in [0.25, 0.3) is 0 Å². The van der Waals surface area contributed by atoms with Gasteiger partial charge in [0.1, 0.15) is 11.5 Å². The second-order valence-corrected chi connectivity index (χ2v) is 5.38. The van der Waals surface area contributed by atoms with Crippen LogP contribution in [0.5, 0.6) is 0 Å². The van der Waals surface area contributed by atoms with E-state index in [9.17, 15) is 9.18 Å². The largest absolute Gasteiger partial charge is 0.292 e. The molecule has 0 unspecified atom stereocenters. The molecule has 1 aromatic carbocycles. The summed E-state index contributed by atoms with van der Waals surface area (Å²) in [7, 11) is 0. The van der Waals surface area contributed by atoms with E-state index in [2.05, 4.69) is 36.8 Å². The van der Waals surface area contributed by atoms with Crippen LogP contribution in [0, 0.1) is 5.82 Å². The van der Waals surface area contributed by atoms with Crippen molar-refractivity contribution in [2.75, 3.05) is 0 Å². The highest BCUT2D eigenvalue weighted by atomic mass is 79.9. The van der Waals surface area contributed by atoms with E-state index < -0.39 is 0 Å². The number of carbonyl (C=O) groups is 1. The molecule has 0 saturated heterocycles. The van der Waals surface area contributed by atoms with E-state index in [4.69, 9.17) is 0 Å². The molecule has 0 saturated carbocycles. The zero-order chi connectivity index (χ0) is 13.1. The number of nitrogens with zero attached hydrogens (tertiary/aromatic N) is 1. The van der Waals surface area contributed by atoms with Gasteiger partial charge in [-0.15, -0.1) is 0 Å². The Balaban J connectivity index is 2.27. The van der Waals surface area contributed by atoms with Crippen LogP contribution in [0.2, 0.25) is 0 Å². The highest BCUT2D eigenvalue weighted by Gasteiger charge is 2.14. The number of hydrogen-bond donors (Lipinski definition) is 0. The molecule has 2 nitrogen and oxygen atoms in total. The molecule has 92 valence electrons. The van der Waals surface area contributed by atoms with E-state index in [0.717, 1.165) is 0 Å². The fraction of sp³-hybridized carbons (Fsp3) is 0.0769. The van der Waals surface area contributed by atoms with Gasteiger partial charge in [-0.25, -0.2) is 4.39 Å². The lowest BCUT2D eigenvalue weighted by molar-refractivity contribution is 0.0987. The summed E-state index contributed by atoms with van der Waals surface area (Å²) in [5.41, 5.74) is 0.964. The van der Waals surface area contributed by atoms with Crippen molar-refractivity contribution in [3.63, 3.8) is 0 Å². The molecule has 1 heterocycles. The Labute approximate surface area is 121 Å². The second kappa shape index (κ2) is 5.71. The minimum absolute atomic E-state index is 0.105. The molecule has 2 rings (SSSR count). The predicted octanol–water partition coefficient (Wildman–Crippen LogP) is 4.17. The van der Waals surface area contributed by atoms with Crippen molar-refractivity contribution in [1.82, 2.24) is 4.98 Å². The maximum absolute atomic E-state index is 13.1. The number of ketones is 1. The van der Waals surface area contributed by atoms with Gasteiger partial charge in [0, 0.05) is 21.6 Å². The van der Waals surface area contributed by atoms with Crippen molar-refractivity contribution in [3.05, 3.63) is 62.5 Å². The highest BCUT2D eigenvalue weighted by Crippen LogP contribution is 2.21. The van der Waals surface area contributed by atoms with Gasteiger partial charge in [0.05, 0.1) is 0 Å². The summed E-state index contributed by atoms with van der Waals surface area (Å²) in [6.45, 7) is 0. The molecule has 5 heteroatoms. The smallest absolute Gasteiger partial charge is 0.186 e. The predicted molar refractivity (Wildman–Crippen MR) is 74.1 cm³/mol. The Hall–Kier alpha value is -1.07. The molecular weight excluding hydrogens is 365 g/mol. The fourth-order valence-corrected chi connectivity index (χ4v) is 2.39. The summed E-state index contributed by atoms with van der Waals surface area (Å²) in [4.78, 5) is 16.1. The topological polar surface area (TPSA) is 30.0 Å². The number of rotatable bonds is 3. The van der Waals surface area contributed by atoms with Crippen molar-refractivity contribution in [3.8, 4) is 0 Å². The lowest BCUT2D eigenvalue weighted by Crippen LogP contribution is -2.07. The zero-order valence-corrected chi connectivity index (χ0v) is 12.3. The third-order valence-corrected chi connectivity index (χ3v) is 3.79. The summed E-state index contributed by atoms with van der Waals surface area (Å²) < 4.78 is 14.5. The van der Waals surface area contributed by atoms with E-state index in [1.807, 2.05) is 0 Å². The number of benzene rings is 1. The number of pyridine rings is 1. The molecular formula is C13H8Br2FNO. The molecule has 0 atom stereocenters. The molecule has 1 aromatic heterocycles. The Morgan fingerprint density at radius 3 is 2.72 bits per heavy atom. The number of carbonyl (C=O) groups excluding carboxylic acids is 1. The Morgan fingerprint density at radius 1 is 1.22 bits per heavy atom. The van der Waals surface area contributed by atoms with Crippen LogP contribution in [0.4, 0.5) is 4.39 Å². The first kappa shape index (κ1) is 13.4. The average Bonchev–Trinajstić information content (AvgIpc) is 2.34. The minimum Gasteiger partial charge on any atom is -0.292 e. The number of aromatic nitrogens is 1. The third kappa shape index (κ3) is 3.03. The van der Waals surface area contributed by atoms with Crippen molar-refractivity contribution in [2.45, 2.75) is 6.42 Å². The van der Waals surface area contributed by atoms with Crippen molar-refractivity contribution in [1.29, 1.82) is 0 Å². The quantitative estimate of drug-likeness (QED) is 0.757. The number of hydrogen-bond acceptors (Lipinski definition) is 2. The third-order valence-electron chi connectivity index (χ3n) is 2.38. The fourth-order valence-electron chi connectivity index (χ4n) is 1.53. The number of Topliss-reactive ketones (excluding diaryl/α,β-unsaturated/α-hetero) is 1. The van der Waals surface area contributed by atoms with E-state index in [1.165, 1.54) is 12.1 Å². The maximum Gasteiger partial charge on any atom is 0.186 e. The van der Waals surface area contributed by atoms with Gasteiger partial charge >= 0.3 is 0 Å². The highest BCUT2D eigenvalue weighted by molar-refractivity contribution is 9.10. The summed E-state index contributed by atoms with van der Waals surface area (Å²) >= 11 is 6.57. The van der Waals surface area contributed by atoms with Crippen LogP contribution in [0.3, 0.4) is 0 Å². The second-order valence-electron chi connectivity index (χ2n) is 3.67. The normalized spacial score (nSPS) is 10.4. The van der Waals surface area contributed by atoms with Gasteiger partial charge in [-0.3, -0.25) is 9.78 Å². The van der Waals surface area contributed by atoms with Crippen molar-refractivity contribution < 1.29 is 9.18 Å². The van der Waals surface area contributed by atoms with E-state index in [0.29, 0.717) is 20.2 Å². The van der Waals surface area contributed by atoms with Crippen LogP contribution in [-0.4, -0.2) is 10.8 Å². The molecule has 0 amide bonds. The standard InChI is InChI=1S/C13H8Br2FNO/c14-10-4-3-9(16)6-8(10)7-12(18)13-11(15)2-1-5-17-13/h1-6H,7H2. The van der Waals surface area contributed by atoms with E-state index in [1.54, 1.807) is 24.4 Å². The van der Waals surface area contributed by atoms with Gasteiger partial charge in [0.15, 0.2) is 5.78 Å². The van der Waals surface area contributed by atoms with E-state index >= 15 is 0 Å². The van der Waals surface area contributed by atoms with Gasteiger partial charge in [-0.2, -0.15) is 0 Å². The maximum atomic E-state index is 13.1. The molecule has 18 heavy (non-hydrogen) atoms. The van der Waals surface area contributed by atoms with Crippen LogP contribution in [-0.2, 0) is 6.42 Å². The molecule has 0 N–H and O–H groups in total. The first-order chi connectivity index (χ1) is 8.58. The molecule has 0 radical (unpaired) electrons. The molecule has 0 aliphatic carbocycles. The average molecular weight is 373 g/mol. The van der Waals surface area contributed by atoms with Gasteiger partial charge in [-0.05, 0) is 51.8 Å². The van der Waals surface area contributed by atoms with Crippen LogP contribution in [0.25, 0.3) is 0 Å². The molecule has 0 aliphatic rings. The van der Waals surface area contributed by atoms with Crippen LogP contribution >= 0.6 is 31.9 Å². The molecule has 0 bridgehead atoms. The zero-order valence-electron chi connectivity index (χ0n) is 9.16. The van der Waals surface area contributed by atoms with Crippen LogP contribution in [0.1, 0.15) is 16.1 Å². The summed E-state index contributed by atoms with van der Waals surface area (Å²) in [6, 6.07) is 7.76. The van der Waals surface area contributed by atoms with Crippen LogP contribution in [0.15, 0.2) is 45.5 Å². The summed E-state index contributed by atoms with van der Waals surface area (Å²) in [5.74, 6) is -0.519. The number of halogens is 3. The lowest BCUT2D eigenvalue weighted by atomic mass is 10.1. The summed E-state index contributed by atoms with van der Waals surface area (Å²) in [5, 5.41) is 0. The molecule has 2 aromatic rings. The Bertz CT molecular complexity index is 601. The van der Waals surface area contributed by atoms with Gasteiger partial charge in [0.2, 0.25) is 0 Å². The molecule has 0 spiro atoms. The van der Waals surface area contributed by atoms with E-state index in [-0.39, 0.29) is 18.0 Å². The van der Waals surface area contributed by atoms with Gasteiger partial charge in [-0.1, -0.05) is 15.9 Å². The molecule has 0 aliphatic heterocycles. The monoisotopic (exact) mass is 371 g/mol.